The molecule has 184 valence electrons. The van der Waals surface area contributed by atoms with Crippen molar-refractivity contribution in [3.05, 3.63) is 70.8 Å². The van der Waals surface area contributed by atoms with Crippen LogP contribution in [-0.2, 0) is 29.7 Å². The predicted octanol–water partition coefficient (Wildman–Crippen LogP) is 2.68. The molecule has 2 aromatic carbocycles. The number of nitrogens with one attached hydrogen (secondary N) is 1. The van der Waals surface area contributed by atoms with Gasteiger partial charge in [-0.1, -0.05) is 42.8 Å². The van der Waals surface area contributed by atoms with Crippen LogP contribution in [0.4, 0.5) is 0 Å². The highest BCUT2D eigenvalue weighted by molar-refractivity contribution is 7.88. The van der Waals surface area contributed by atoms with E-state index in [-0.39, 0.29) is 5.91 Å². The molecular formula is C26H36N4O3S. The number of carbonyl (C=O) groups excluding carboxylic acids is 1. The second kappa shape index (κ2) is 11.4. The Kier molecular flexibility index (Phi) is 8.37. The van der Waals surface area contributed by atoms with Crippen molar-refractivity contribution in [2.75, 3.05) is 45.5 Å². The van der Waals surface area contributed by atoms with E-state index >= 15 is 0 Å². The zero-order valence-corrected chi connectivity index (χ0v) is 20.9. The Morgan fingerprint density at radius 1 is 0.794 bits per heavy atom. The van der Waals surface area contributed by atoms with Gasteiger partial charge in [-0.2, -0.15) is 4.31 Å². The number of amides is 1. The molecule has 0 atom stereocenters. The summed E-state index contributed by atoms with van der Waals surface area (Å²) in [7, 11) is -3.13. The normalized spacial score (nSPS) is 18.6. The molecule has 7 nitrogen and oxygen atoms in total. The highest BCUT2D eigenvalue weighted by Crippen LogP contribution is 2.15. The zero-order chi connectivity index (χ0) is 24.0. The molecule has 0 aromatic heterocycles. The van der Waals surface area contributed by atoms with Gasteiger partial charge >= 0.3 is 0 Å². The Morgan fingerprint density at radius 3 is 2.06 bits per heavy atom. The van der Waals surface area contributed by atoms with E-state index in [9.17, 15) is 13.2 Å². The van der Waals surface area contributed by atoms with Crippen molar-refractivity contribution in [1.82, 2.24) is 19.4 Å². The average Bonchev–Trinajstić information content (AvgIpc) is 2.83. The molecule has 8 heteroatoms. The lowest BCUT2D eigenvalue weighted by atomic mass is 10.1. The maximum absolute atomic E-state index is 12.8. The number of carbonyl (C=O) groups is 1. The fourth-order valence-electron chi connectivity index (χ4n) is 4.79. The maximum atomic E-state index is 12.8. The number of likely N-dealkylation sites (tertiary alicyclic amines) is 1. The number of rotatable bonds is 8. The first-order valence-electron chi connectivity index (χ1n) is 12.2. The number of piperidine rings is 1. The lowest BCUT2D eigenvalue weighted by Crippen LogP contribution is -2.47. The third-order valence-corrected chi connectivity index (χ3v) is 8.00. The smallest absolute Gasteiger partial charge is 0.251 e. The van der Waals surface area contributed by atoms with E-state index in [0.717, 1.165) is 17.7 Å². The molecule has 0 unspecified atom stereocenters. The summed E-state index contributed by atoms with van der Waals surface area (Å²) in [6.07, 6.45) is 5.16. The average molecular weight is 485 g/mol. The summed E-state index contributed by atoms with van der Waals surface area (Å²) in [6.45, 7) is 6.93. The highest BCUT2D eigenvalue weighted by Gasteiger charge is 2.23. The number of hydrogen-bond acceptors (Lipinski definition) is 5. The van der Waals surface area contributed by atoms with Crippen LogP contribution in [-0.4, -0.2) is 74.0 Å². The molecule has 2 aliphatic heterocycles. The fourth-order valence-corrected chi connectivity index (χ4v) is 5.61. The van der Waals surface area contributed by atoms with Crippen molar-refractivity contribution in [1.29, 1.82) is 0 Å². The van der Waals surface area contributed by atoms with Crippen LogP contribution in [0.3, 0.4) is 0 Å². The molecule has 1 amide bonds. The lowest BCUT2D eigenvalue weighted by Gasteiger charge is -2.33. The molecule has 2 heterocycles. The SMILES string of the molecule is CS(=O)(=O)N1CCN(Cc2cccc(C(=O)NCc3cccc(CN4CCCCC4)c3)c2)CC1. The van der Waals surface area contributed by atoms with Gasteiger partial charge in [-0.25, -0.2) is 8.42 Å². The Hall–Kier alpha value is -2.26. The van der Waals surface area contributed by atoms with Crippen LogP contribution in [0.2, 0.25) is 0 Å². The van der Waals surface area contributed by atoms with Crippen LogP contribution in [0.5, 0.6) is 0 Å². The minimum Gasteiger partial charge on any atom is -0.348 e. The summed E-state index contributed by atoms with van der Waals surface area (Å²) in [4.78, 5) is 17.5. The molecule has 4 rings (SSSR count). The minimum absolute atomic E-state index is 0.0785. The summed E-state index contributed by atoms with van der Waals surface area (Å²) >= 11 is 0. The van der Waals surface area contributed by atoms with Crippen molar-refractivity contribution in [2.24, 2.45) is 0 Å². The van der Waals surface area contributed by atoms with Gasteiger partial charge in [0, 0.05) is 51.4 Å². The summed E-state index contributed by atoms with van der Waals surface area (Å²) in [5, 5.41) is 3.06. The van der Waals surface area contributed by atoms with Gasteiger partial charge < -0.3 is 5.32 Å². The molecule has 1 N–H and O–H groups in total. The van der Waals surface area contributed by atoms with Crippen LogP contribution in [0, 0.1) is 0 Å². The van der Waals surface area contributed by atoms with Crippen molar-refractivity contribution >= 4 is 15.9 Å². The van der Waals surface area contributed by atoms with Gasteiger partial charge in [-0.15, -0.1) is 0 Å². The van der Waals surface area contributed by atoms with Gasteiger partial charge in [0.1, 0.15) is 0 Å². The minimum atomic E-state index is -3.13. The second-order valence-corrected chi connectivity index (χ2v) is 11.5. The first kappa shape index (κ1) is 24.9. The number of hydrogen-bond donors (Lipinski definition) is 1. The van der Waals surface area contributed by atoms with Crippen LogP contribution in [0.25, 0.3) is 0 Å². The summed E-state index contributed by atoms with van der Waals surface area (Å²) in [5.74, 6) is -0.0785. The van der Waals surface area contributed by atoms with Gasteiger partial charge in [-0.05, 0) is 54.8 Å². The van der Waals surface area contributed by atoms with Crippen LogP contribution < -0.4 is 5.32 Å². The Morgan fingerprint density at radius 2 is 1.38 bits per heavy atom. The molecule has 0 saturated carbocycles. The molecule has 0 aliphatic carbocycles. The van der Waals surface area contributed by atoms with Crippen LogP contribution >= 0.6 is 0 Å². The number of nitrogens with zero attached hydrogens (tertiary/aromatic N) is 3. The van der Waals surface area contributed by atoms with E-state index in [1.807, 2.05) is 24.3 Å². The van der Waals surface area contributed by atoms with E-state index in [0.29, 0.717) is 44.8 Å². The Balaban J connectivity index is 1.28. The van der Waals surface area contributed by atoms with Gasteiger partial charge in [0.2, 0.25) is 10.0 Å². The standard InChI is InChI=1S/C26H36N4O3S/c1-34(32,33)30-15-13-29(14-16-30)21-24-9-6-10-25(18-24)26(31)27-19-22-7-5-8-23(17-22)20-28-11-3-2-4-12-28/h5-10,17-18H,2-4,11-16,19-21H2,1H3,(H,27,31). The van der Waals surface area contributed by atoms with Crippen molar-refractivity contribution in [3.63, 3.8) is 0 Å². The Bertz CT molecular complexity index is 1070. The fraction of sp³-hybridized carbons (Fsp3) is 0.500. The van der Waals surface area contributed by atoms with Crippen molar-refractivity contribution in [3.8, 4) is 0 Å². The van der Waals surface area contributed by atoms with E-state index < -0.39 is 10.0 Å². The number of benzene rings is 2. The van der Waals surface area contributed by atoms with Gasteiger partial charge in [0.05, 0.1) is 6.26 Å². The number of piperazine rings is 1. The zero-order valence-electron chi connectivity index (χ0n) is 20.1. The molecule has 2 aromatic rings. The largest absolute Gasteiger partial charge is 0.348 e. The predicted molar refractivity (Wildman–Crippen MR) is 135 cm³/mol. The van der Waals surface area contributed by atoms with Crippen LogP contribution in [0.1, 0.15) is 46.3 Å². The van der Waals surface area contributed by atoms with Crippen molar-refractivity contribution in [2.45, 2.75) is 38.9 Å². The van der Waals surface area contributed by atoms with Gasteiger partial charge in [0.25, 0.3) is 5.91 Å². The maximum Gasteiger partial charge on any atom is 0.251 e. The van der Waals surface area contributed by atoms with E-state index in [2.05, 4.69) is 39.4 Å². The van der Waals surface area contributed by atoms with E-state index in [1.165, 1.54) is 48.5 Å². The van der Waals surface area contributed by atoms with Gasteiger partial charge in [0.15, 0.2) is 0 Å². The summed E-state index contributed by atoms with van der Waals surface area (Å²) < 4.78 is 24.9. The van der Waals surface area contributed by atoms with Gasteiger partial charge in [-0.3, -0.25) is 14.6 Å². The first-order valence-corrected chi connectivity index (χ1v) is 14.1. The molecule has 34 heavy (non-hydrogen) atoms. The molecule has 0 spiro atoms. The van der Waals surface area contributed by atoms with E-state index in [4.69, 9.17) is 0 Å². The molecule has 0 bridgehead atoms. The first-order chi connectivity index (χ1) is 16.4. The molecule has 2 aliphatic rings. The summed E-state index contributed by atoms with van der Waals surface area (Å²) in [6, 6.07) is 16.2. The summed E-state index contributed by atoms with van der Waals surface area (Å²) in [5.41, 5.74) is 4.12. The molecule has 2 fully saturated rings. The van der Waals surface area contributed by atoms with Crippen LogP contribution in [0.15, 0.2) is 48.5 Å². The van der Waals surface area contributed by atoms with Crippen molar-refractivity contribution < 1.29 is 13.2 Å². The highest BCUT2D eigenvalue weighted by atomic mass is 32.2. The Labute approximate surface area is 203 Å². The molecular weight excluding hydrogens is 448 g/mol. The lowest BCUT2D eigenvalue weighted by molar-refractivity contribution is 0.0950. The quantitative estimate of drug-likeness (QED) is 0.624. The number of sulfonamides is 1. The third-order valence-electron chi connectivity index (χ3n) is 6.69. The van der Waals surface area contributed by atoms with E-state index in [1.54, 1.807) is 0 Å². The topological polar surface area (TPSA) is 73.0 Å². The third kappa shape index (κ3) is 7.12. The molecule has 2 saturated heterocycles. The monoisotopic (exact) mass is 484 g/mol. The molecule has 0 radical (unpaired) electrons. The second-order valence-electron chi connectivity index (χ2n) is 9.48.